The highest BCUT2D eigenvalue weighted by molar-refractivity contribution is 6.33. The average Bonchev–Trinajstić information content (AvgIpc) is 2.38. The maximum absolute atomic E-state index is 12.1. The van der Waals surface area contributed by atoms with E-state index in [0.717, 1.165) is 6.42 Å². The van der Waals surface area contributed by atoms with Gasteiger partial charge in [0.05, 0.1) is 17.1 Å². The second-order valence-electron chi connectivity index (χ2n) is 4.18. The predicted octanol–water partition coefficient (Wildman–Crippen LogP) is 1.64. The van der Waals surface area contributed by atoms with Crippen molar-refractivity contribution in [3.63, 3.8) is 0 Å². The standard InChI is InChI=1S/C13H17ClN2O3/c1-3-6-15-12(18)8-16(2)13(19)10-7-9(17)4-5-11(10)14/h4-5,7,17H,3,6,8H2,1-2H3,(H,15,18). The molecule has 0 aliphatic heterocycles. The van der Waals surface area contributed by atoms with Crippen LogP contribution in [-0.2, 0) is 4.79 Å². The molecular weight excluding hydrogens is 268 g/mol. The van der Waals surface area contributed by atoms with E-state index in [1.807, 2.05) is 6.92 Å². The molecule has 0 aliphatic rings. The van der Waals surface area contributed by atoms with E-state index in [4.69, 9.17) is 11.6 Å². The van der Waals surface area contributed by atoms with E-state index < -0.39 is 5.91 Å². The lowest BCUT2D eigenvalue weighted by Gasteiger charge is -2.17. The molecule has 1 aromatic rings. The van der Waals surface area contributed by atoms with Crippen LogP contribution < -0.4 is 5.32 Å². The van der Waals surface area contributed by atoms with Crippen LogP contribution in [0.2, 0.25) is 5.02 Å². The molecule has 0 spiro atoms. The predicted molar refractivity (Wildman–Crippen MR) is 73.4 cm³/mol. The number of nitrogens with zero attached hydrogens (tertiary/aromatic N) is 1. The maximum Gasteiger partial charge on any atom is 0.255 e. The van der Waals surface area contributed by atoms with Crippen LogP contribution in [0.3, 0.4) is 0 Å². The van der Waals surface area contributed by atoms with Crippen LogP contribution in [0.1, 0.15) is 23.7 Å². The van der Waals surface area contributed by atoms with Crippen LogP contribution in [0, 0.1) is 0 Å². The Balaban J connectivity index is 2.71. The van der Waals surface area contributed by atoms with Crippen LogP contribution >= 0.6 is 11.6 Å². The first-order chi connectivity index (χ1) is 8.95. The van der Waals surface area contributed by atoms with Gasteiger partial charge < -0.3 is 15.3 Å². The molecule has 0 saturated carbocycles. The summed E-state index contributed by atoms with van der Waals surface area (Å²) in [6.07, 6.45) is 0.835. The lowest BCUT2D eigenvalue weighted by Crippen LogP contribution is -2.38. The zero-order valence-corrected chi connectivity index (χ0v) is 11.7. The van der Waals surface area contributed by atoms with Gasteiger partial charge in [-0.15, -0.1) is 0 Å². The number of rotatable bonds is 5. The van der Waals surface area contributed by atoms with E-state index in [0.29, 0.717) is 6.54 Å². The third-order valence-electron chi connectivity index (χ3n) is 2.48. The molecule has 0 heterocycles. The van der Waals surface area contributed by atoms with Gasteiger partial charge in [-0.2, -0.15) is 0 Å². The Labute approximate surface area is 117 Å². The molecule has 1 rings (SSSR count). The number of carbonyl (C=O) groups excluding carboxylic acids is 2. The van der Waals surface area contributed by atoms with Gasteiger partial charge in [0.1, 0.15) is 5.75 Å². The smallest absolute Gasteiger partial charge is 0.255 e. The molecule has 0 radical (unpaired) electrons. The number of phenols is 1. The van der Waals surface area contributed by atoms with Crippen molar-refractivity contribution in [2.24, 2.45) is 0 Å². The minimum Gasteiger partial charge on any atom is -0.508 e. The minimum atomic E-state index is -0.410. The molecule has 2 N–H and O–H groups in total. The number of benzene rings is 1. The van der Waals surface area contributed by atoms with Crippen LogP contribution in [0.25, 0.3) is 0 Å². The maximum atomic E-state index is 12.1. The lowest BCUT2D eigenvalue weighted by molar-refractivity contribution is -0.121. The summed E-state index contributed by atoms with van der Waals surface area (Å²) in [7, 11) is 1.51. The molecule has 104 valence electrons. The molecule has 0 atom stereocenters. The highest BCUT2D eigenvalue weighted by Crippen LogP contribution is 2.22. The lowest BCUT2D eigenvalue weighted by atomic mass is 10.2. The number of hydrogen-bond acceptors (Lipinski definition) is 3. The Bertz CT molecular complexity index is 477. The van der Waals surface area contributed by atoms with Crippen LogP contribution in [-0.4, -0.2) is 42.0 Å². The Hall–Kier alpha value is -1.75. The zero-order chi connectivity index (χ0) is 14.4. The highest BCUT2D eigenvalue weighted by atomic mass is 35.5. The van der Waals surface area contributed by atoms with E-state index in [9.17, 15) is 14.7 Å². The summed E-state index contributed by atoms with van der Waals surface area (Å²) in [5.74, 6) is -0.682. The number of hydrogen-bond donors (Lipinski definition) is 2. The number of likely N-dealkylation sites (N-methyl/N-ethyl adjacent to an activating group) is 1. The Morgan fingerprint density at radius 3 is 2.74 bits per heavy atom. The molecule has 0 aromatic heterocycles. The zero-order valence-electron chi connectivity index (χ0n) is 10.9. The molecule has 2 amide bonds. The SMILES string of the molecule is CCCNC(=O)CN(C)C(=O)c1cc(O)ccc1Cl. The molecule has 0 unspecified atom stereocenters. The molecule has 5 nitrogen and oxygen atoms in total. The first kappa shape index (κ1) is 15.3. The summed E-state index contributed by atoms with van der Waals surface area (Å²) in [5, 5.41) is 12.3. The number of aromatic hydroxyl groups is 1. The largest absolute Gasteiger partial charge is 0.508 e. The van der Waals surface area contributed by atoms with Gasteiger partial charge in [-0.05, 0) is 24.6 Å². The number of halogens is 1. The second-order valence-corrected chi connectivity index (χ2v) is 4.58. The van der Waals surface area contributed by atoms with Crippen molar-refractivity contribution in [3.05, 3.63) is 28.8 Å². The molecule has 6 heteroatoms. The van der Waals surface area contributed by atoms with E-state index in [1.165, 1.54) is 30.1 Å². The number of phenolic OH excluding ortho intramolecular Hbond substituents is 1. The van der Waals surface area contributed by atoms with Crippen molar-refractivity contribution in [2.45, 2.75) is 13.3 Å². The summed E-state index contributed by atoms with van der Waals surface area (Å²) in [6.45, 7) is 2.47. The normalized spacial score (nSPS) is 10.1. The van der Waals surface area contributed by atoms with Crippen molar-refractivity contribution >= 4 is 23.4 Å². The summed E-state index contributed by atoms with van der Waals surface area (Å²) in [4.78, 5) is 24.8. The number of nitrogens with one attached hydrogen (secondary N) is 1. The van der Waals surface area contributed by atoms with Gasteiger partial charge in [0.15, 0.2) is 0 Å². The fraction of sp³-hybridized carbons (Fsp3) is 0.385. The quantitative estimate of drug-likeness (QED) is 0.864. The Morgan fingerprint density at radius 1 is 1.42 bits per heavy atom. The first-order valence-electron chi connectivity index (χ1n) is 5.96. The van der Waals surface area contributed by atoms with E-state index in [1.54, 1.807) is 0 Å². The molecule has 1 aromatic carbocycles. The molecule has 0 saturated heterocycles. The van der Waals surface area contributed by atoms with Gasteiger partial charge in [0.25, 0.3) is 5.91 Å². The van der Waals surface area contributed by atoms with Crippen LogP contribution in [0.5, 0.6) is 5.75 Å². The Kier molecular flexibility index (Phi) is 5.63. The van der Waals surface area contributed by atoms with Crippen molar-refractivity contribution in [1.82, 2.24) is 10.2 Å². The number of carbonyl (C=O) groups is 2. The van der Waals surface area contributed by atoms with Gasteiger partial charge in [0, 0.05) is 13.6 Å². The van der Waals surface area contributed by atoms with Gasteiger partial charge in [-0.25, -0.2) is 0 Å². The molecule has 0 aliphatic carbocycles. The van der Waals surface area contributed by atoms with E-state index in [-0.39, 0.29) is 28.8 Å². The molecular formula is C13H17ClN2O3. The molecule has 19 heavy (non-hydrogen) atoms. The summed E-state index contributed by atoms with van der Waals surface area (Å²) >= 11 is 5.90. The number of amides is 2. The van der Waals surface area contributed by atoms with Gasteiger partial charge >= 0.3 is 0 Å². The third kappa shape index (κ3) is 4.44. The second kappa shape index (κ2) is 6.99. The van der Waals surface area contributed by atoms with Gasteiger partial charge in [0.2, 0.25) is 5.91 Å². The minimum absolute atomic E-state index is 0.0448. The van der Waals surface area contributed by atoms with Crippen molar-refractivity contribution in [1.29, 1.82) is 0 Å². The first-order valence-corrected chi connectivity index (χ1v) is 6.34. The van der Waals surface area contributed by atoms with Crippen molar-refractivity contribution in [3.8, 4) is 5.75 Å². The summed E-state index contributed by atoms with van der Waals surface area (Å²) in [5.41, 5.74) is 0.174. The van der Waals surface area contributed by atoms with Crippen molar-refractivity contribution in [2.75, 3.05) is 20.1 Å². The molecule has 0 fully saturated rings. The van der Waals surface area contributed by atoms with Gasteiger partial charge in [-0.1, -0.05) is 18.5 Å². The highest BCUT2D eigenvalue weighted by Gasteiger charge is 2.17. The fourth-order valence-electron chi connectivity index (χ4n) is 1.49. The monoisotopic (exact) mass is 284 g/mol. The third-order valence-corrected chi connectivity index (χ3v) is 2.81. The Morgan fingerprint density at radius 2 is 2.11 bits per heavy atom. The van der Waals surface area contributed by atoms with E-state index in [2.05, 4.69) is 5.32 Å². The fourth-order valence-corrected chi connectivity index (χ4v) is 1.69. The summed E-state index contributed by atoms with van der Waals surface area (Å²) in [6, 6.07) is 4.12. The summed E-state index contributed by atoms with van der Waals surface area (Å²) < 4.78 is 0. The molecule has 0 bridgehead atoms. The average molecular weight is 285 g/mol. The van der Waals surface area contributed by atoms with Crippen LogP contribution in [0.4, 0.5) is 0 Å². The topological polar surface area (TPSA) is 69.6 Å². The van der Waals surface area contributed by atoms with Crippen molar-refractivity contribution < 1.29 is 14.7 Å². The van der Waals surface area contributed by atoms with Crippen LogP contribution in [0.15, 0.2) is 18.2 Å². The van der Waals surface area contributed by atoms with E-state index >= 15 is 0 Å². The van der Waals surface area contributed by atoms with Gasteiger partial charge in [-0.3, -0.25) is 9.59 Å².